The van der Waals surface area contributed by atoms with Gasteiger partial charge in [0.2, 0.25) is 0 Å². The smallest absolute Gasteiger partial charge is 0.408 e. The number of carbonyl (C=O) groups is 2. The summed E-state index contributed by atoms with van der Waals surface area (Å²) in [5.41, 5.74) is -0.609. The van der Waals surface area contributed by atoms with E-state index in [1.54, 1.807) is 20.8 Å². The van der Waals surface area contributed by atoms with E-state index in [-0.39, 0.29) is 0 Å². The SMILES string of the molecule is C1CCCC1.CC(NC(=O)OC(C)(C)C)C(=O)O. The lowest BCUT2D eigenvalue weighted by atomic mass is 10.2. The average molecular weight is 259 g/mol. The van der Waals surface area contributed by atoms with Crippen LogP contribution in [0.25, 0.3) is 0 Å². The molecule has 1 saturated carbocycles. The molecule has 0 aromatic carbocycles. The third kappa shape index (κ3) is 9.93. The van der Waals surface area contributed by atoms with Crippen molar-refractivity contribution in [3.05, 3.63) is 0 Å². The van der Waals surface area contributed by atoms with Crippen molar-refractivity contribution < 1.29 is 19.4 Å². The largest absolute Gasteiger partial charge is 0.480 e. The van der Waals surface area contributed by atoms with Crippen LogP contribution in [-0.4, -0.2) is 28.8 Å². The molecule has 1 aliphatic carbocycles. The van der Waals surface area contributed by atoms with Gasteiger partial charge in [-0.1, -0.05) is 32.1 Å². The number of amides is 1. The molecule has 0 heterocycles. The van der Waals surface area contributed by atoms with E-state index in [0.29, 0.717) is 0 Å². The third-order valence-electron chi connectivity index (χ3n) is 2.35. The van der Waals surface area contributed by atoms with Crippen LogP contribution in [0, 0.1) is 0 Å². The fourth-order valence-electron chi connectivity index (χ4n) is 1.43. The Morgan fingerprint density at radius 1 is 1.11 bits per heavy atom. The minimum Gasteiger partial charge on any atom is -0.480 e. The van der Waals surface area contributed by atoms with Gasteiger partial charge in [0.05, 0.1) is 0 Å². The zero-order valence-corrected chi connectivity index (χ0v) is 11.8. The highest BCUT2D eigenvalue weighted by Crippen LogP contribution is 2.15. The van der Waals surface area contributed by atoms with Gasteiger partial charge in [0, 0.05) is 0 Å². The number of hydrogen-bond acceptors (Lipinski definition) is 3. The van der Waals surface area contributed by atoms with Crippen LogP contribution >= 0.6 is 0 Å². The number of nitrogens with one attached hydrogen (secondary N) is 1. The minimum absolute atomic E-state index is 0.609. The van der Waals surface area contributed by atoms with Crippen LogP contribution in [0.5, 0.6) is 0 Å². The Morgan fingerprint density at radius 3 is 1.78 bits per heavy atom. The van der Waals surface area contributed by atoms with Gasteiger partial charge in [-0.05, 0) is 27.7 Å². The second kappa shape index (κ2) is 7.95. The summed E-state index contributed by atoms with van der Waals surface area (Å²) in [5.74, 6) is -1.09. The Labute approximate surface area is 109 Å². The van der Waals surface area contributed by atoms with Crippen molar-refractivity contribution in [1.82, 2.24) is 5.32 Å². The molecule has 0 bridgehead atoms. The summed E-state index contributed by atoms with van der Waals surface area (Å²) in [6.45, 7) is 6.49. The Balaban J connectivity index is 0.000000473. The van der Waals surface area contributed by atoms with Crippen molar-refractivity contribution in [2.75, 3.05) is 0 Å². The van der Waals surface area contributed by atoms with Crippen LogP contribution in [0.2, 0.25) is 0 Å². The van der Waals surface area contributed by atoms with Gasteiger partial charge in [0.25, 0.3) is 0 Å². The summed E-state index contributed by atoms with van der Waals surface area (Å²) in [7, 11) is 0. The van der Waals surface area contributed by atoms with Gasteiger partial charge in [-0.2, -0.15) is 0 Å². The first-order valence-electron chi connectivity index (χ1n) is 6.44. The maximum Gasteiger partial charge on any atom is 0.408 e. The van der Waals surface area contributed by atoms with Crippen LogP contribution in [0.3, 0.4) is 0 Å². The van der Waals surface area contributed by atoms with Gasteiger partial charge in [-0.15, -0.1) is 0 Å². The maximum atomic E-state index is 11.0. The third-order valence-corrected chi connectivity index (χ3v) is 2.35. The van der Waals surface area contributed by atoms with E-state index < -0.39 is 23.7 Å². The molecule has 0 radical (unpaired) electrons. The first kappa shape index (κ1) is 16.7. The Kier molecular flexibility index (Phi) is 7.39. The highest BCUT2D eigenvalue weighted by Gasteiger charge is 2.20. The quantitative estimate of drug-likeness (QED) is 0.799. The molecule has 5 heteroatoms. The predicted molar refractivity (Wildman–Crippen MR) is 69.6 cm³/mol. The number of hydrogen-bond donors (Lipinski definition) is 2. The van der Waals surface area contributed by atoms with Crippen LogP contribution in [0.15, 0.2) is 0 Å². The molecule has 0 aromatic rings. The normalized spacial score (nSPS) is 16.2. The van der Waals surface area contributed by atoms with Gasteiger partial charge in [-0.3, -0.25) is 4.79 Å². The van der Waals surface area contributed by atoms with Crippen molar-refractivity contribution in [1.29, 1.82) is 0 Å². The number of aliphatic carboxylic acids is 1. The topological polar surface area (TPSA) is 75.6 Å². The number of rotatable bonds is 2. The number of carboxylic acid groups (broad SMARTS) is 1. The molecular weight excluding hydrogens is 234 g/mol. The van der Waals surface area contributed by atoms with E-state index >= 15 is 0 Å². The van der Waals surface area contributed by atoms with Gasteiger partial charge < -0.3 is 15.2 Å². The van der Waals surface area contributed by atoms with Gasteiger partial charge in [0.15, 0.2) is 0 Å². The Bertz CT molecular complexity index is 259. The van der Waals surface area contributed by atoms with Crippen molar-refractivity contribution in [3.63, 3.8) is 0 Å². The fourth-order valence-corrected chi connectivity index (χ4v) is 1.43. The summed E-state index contributed by atoms with van der Waals surface area (Å²) in [4.78, 5) is 21.3. The molecule has 1 rings (SSSR count). The number of alkyl carbamates (subject to hydrolysis) is 1. The predicted octanol–water partition coefficient (Wildman–Crippen LogP) is 2.93. The molecule has 1 aliphatic rings. The van der Waals surface area contributed by atoms with E-state index in [0.717, 1.165) is 0 Å². The fraction of sp³-hybridized carbons (Fsp3) is 0.846. The summed E-state index contributed by atoms with van der Waals surface area (Å²) in [6.07, 6.45) is 6.78. The molecule has 1 fully saturated rings. The average Bonchev–Trinajstić information content (AvgIpc) is 2.71. The molecule has 0 aromatic heterocycles. The second-order valence-electron chi connectivity index (χ2n) is 5.47. The first-order valence-corrected chi connectivity index (χ1v) is 6.44. The van der Waals surface area contributed by atoms with Gasteiger partial charge in [0.1, 0.15) is 11.6 Å². The molecule has 5 nitrogen and oxygen atoms in total. The molecule has 1 amide bonds. The summed E-state index contributed by atoms with van der Waals surface area (Å²) in [5, 5.41) is 10.6. The minimum atomic E-state index is -1.09. The Hall–Kier alpha value is -1.26. The monoisotopic (exact) mass is 259 g/mol. The highest BCUT2D eigenvalue weighted by molar-refractivity contribution is 5.79. The molecule has 1 unspecified atom stereocenters. The second-order valence-corrected chi connectivity index (χ2v) is 5.47. The maximum absolute atomic E-state index is 11.0. The van der Waals surface area contributed by atoms with Crippen LogP contribution in [0.1, 0.15) is 59.8 Å². The molecule has 0 aliphatic heterocycles. The zero-order chi connectivity index (χ0) is 14.2. The number of ether oxygens (including phenoxy) is 1. The summed E-state index contributed by atoms with van der Waals surface area (Å²) in [6, 6.07) is -0.935. The zero-order valence-electron chi connectivity index (χ0n) is 11.8. The highest BCUT2D eigenvalue weighted by atomic mass is 16.6. The number of carbonyl (C=O) groups excluding carboxylic acids is 1. The van der Waals surface area contributed by atoms with Gasteiger partial charge in [-0.25, -0.2) is 4.79 Å². The van der Waals surface area contributed by atoms with E-state index in [1.165, 1.54) is 39.0 Å². The van der Waals surface area contributed by atoms with Crippen molar-refractivity contribution >= 4 is 12.1 Å². The lowest BCUT2D eigenvalue weighted by Crippen LogP contribution is -2.41. The standard InChI is InChI=1S/C8H15NO4.C5H10/c1-5(6(10)11)9-7(12)13-8(2,3)4;1-2-4-5-3-1/h5H,1-4H3,(H,9,12)(H,10,11);1-5H2. The molecule has 106 valence electrons. The number of carboxylic acids is 1. The lowest BCUT2D eigenvalue weighted by molar-refractivity contribution is -0.139. The molecule has 18 heavy (non-hydrogen) atoms. The lowest BCUT2D eigenvalue weighted by Gasteiger charge is -2.20. The van der Waals surface area contributed by atoms with E-state index in [1.807, 2.05) is 0 Å². The van der Waals surface area contributed by atoms with Crippen molar-refractivity contribution in [2.45, 2.75) is 71.4 Å². The Morgan fingerprint density at radius 2 is 1.50 bits per heavy atom. The molecule has 1 atom stereocenters. The molecule has 2 N–H and O–H groups in total. The van der Waals surface area contributed by atoms with E-state index in [9.17, 15) is 9.59 Å². The van der Waals surface area contributed by atoms with E-state index in [2.05, 4.69) is 5.32 Å². The van der Waals surface area contributed by atoms with Gasteiger partial charge >= 0.3 is 12.1 Å². The van der Waals surface area contributed by atoms with Crippen molar-refractivity contribution in [3.8, 4) is 0 Å². The summed E-state index contributed by atoms with van der Waals surface area (Å²) >= 11 is 0. The van der Waals surface area contributed by atoms with Crippen molar-refractivity contribution in [2.24, 2.45) is 0 Å². The molecule has 0 spiro atoms. The summed E-state index contributed by atoms with van der Waals surface area (Å²) < 4.78 is 4.85. The van der Waals surface area contributed by atoms with E-state index in [4.69, 9.17) is 9.84 Å². The van der Waals surface area contributed by atoms with Crippen LogP contribution in [-0.2, 0) is 9.53 Å². The first-order chi connectivity index (χ1) is 8.22. The van der Waals surface area contributed by atoms with Crippen LogP contribution in [0.4, 0.5) is 4.79 Å². The van der Waals surface area contributed by atoms with Crippen LogP contribution < -0.4 is 5.32 Å². The molecular formula is C13H25NO4. The molecule has 0 saturated heterocycles.